The maximum atomic E-state index is 4.20. The van der Waals surface area contributed by atoms with Gasteiger partial charge in [0, 0.05) is 12.7 Å². The van der Waals surface area contributed by atoms with Gasteiger partial charge in [-0.25, -0.2) is 0 Å². The molecule has 0 saturated heterocycles. The predicted octanol–water partition coefficient (Wildman–Crippen LogP) is -0.541. The van der Waals surface area contributed by atoms with Crippen molar-refractivity contribution >= 4 is 5.96 Å². The highest BCUT2D eigenvalue weighted by molar-refractivity contribution is 5.81. The van der Waals surface area contributed by atoms with E-state index < -0.39 is 0 Å². The number of nitrogens with one attached hydrogen (secondary N) is 3. The van der Waals surface area contributed by atoms with Crippen molar-refractivity contribution in [3.8, 4) is 0 Å². The quantitative estimate of drug-likeness (QED) is 0.551. The number of aromatic nitrogens is 2. The van der Waals surface area contributed by atoms with Gasteiger partial charge in [-0.2, -0.15) is 5.10 Å². The van der Waals surface area contributed by atoms with E-state index in [1.165, 1.54) is 0 Å². The summed E-state index contributed by atoms with van der Waals surface area (Å²) in [5, 5.41) is 13.0. The Balaban J connectivity index is 1.82. The van der Waals surface area contributed by atoms with Crippen molar-refractivity contribution in [1.82, 2.24) is 20.8 Å². The van der Waals surface area contributed by atoms with Gasteiger partial charge >= 0.3 is 0 Å². The van der Waals surface area contributed by atoms with Crippen LogP contribution in [0.2, 0.25) is 0 Å². The number of hydrogen-bond donors (Lipinski definition) is 3. The van der Waals surface area contributed by atoms with Crippen molar-refractivity contribution < 1.29 is 0 Å². The summed E-state index contributed by atoms with van der Waals surface area (Å²) >= 11 is 0. The molecule has 0 bridgehead atoms. The predicted molar refractivity (Wildman–Crippen MR) is 45.7 cm³/mol. The zero-order chi connectivity index (χ0) is 8.23. The SMILES string of the molecule is c1cc(CNC2=NCCN2)[nH]n1. The Morgan fingerprint density at radius 2 is 2.58 bits per heavy atom. The van der Waals surface area contributed by atoms with Crippen LogP contribution >= 0.6 is 0 Å². The molecule has 1 aliphatic heterocycles. The third-order valence-electron chi connectivity index (χ3n) is 1.68. The van der Waals surface area contributed by atoms with Crippen LogP contribution in [0.3, 0.4) is 0 Å². The molecule has 0 radical (unpaired) electrons. The number of nitrogens with zero attached hydrogens (tertiary/aromatic N) is 2. The van der Waals surface area contributed by atoms with Crippen molar-refractivity contribution in [2.75, 3.05) is 13.1 Å². The minimum atomic E-state index is 0.742. The van der Waals surface area contributed by atoms with Gasteiger partial charge in [0.1, 0.15) is 0 Å². The molecule has 0 spiro atoms. The zero-order valence-corrected chi connectivity index (χ0v) is 6.67. The Kier molecular flexibility index (Phi) is 1.94. The van der Waals surface area contributed by atoms with E-state index in [1.54, 1.807) is 6.20 Å². The number of aromatic amines is 1. The zero-order valence-electron chi connectivity index (χ0n) is 6.67. The molecule has 0 aromatic carbocycles. The average Bonchev–Trinajstić information content (AvgIpc) is 2.74. The van der Waals surface area contributed by atoms with E-state index in [2.05, 4.69) is 25.8 Å². The number of rotatable bonds is 2. The van der Waals surface area contributed by atoms with E-state index in [4.69, 9.17) is 0 Å². The fraction of sp³-hybridized carbons (Fsp3) is 0.429. The third kappa shape index (κ3) is 1.55. The number of H-pyrrole nitrogens is 1. The van der Waals surface area contributed by atoms with Gasteiger partial charge in [-0.3, -0.25) is 10.1 Å². The molecular formula is C7H11N5. The highest BCUT2D eigenvalue weighted by atomic mass is 15.2. The fourth-order valence-corrected chi connectivity index (χ4v) is 1.08. The van der Waals surface area contributed by atoms with Crippen LogP contribution in [-0.2, 0) is 6.54 Å². The van der Waals surface area contributed by atoms with Gasteiger partial charge in [-0.15, -0.1) is 0 Å². The summed E-state index contributed by atoms with van der Waals surface area (Å²) in [5.41, 5.74) is 1.06. The van der Waals surface area contributed by atoms with Crippen LogP contribution in [-0.4, -0.2) is 29.2 Å². The molecular weight excluding hydrogens is 154 g/mol. The molecule has 3 N–H and O–H groups in total. The first-order chi connectivity index (χ1) is 5.95. The first kappa shape index (κ1) is 7.15. The van der Waals surface area contributed by atoms with Crippen molar-refractivity contribution in [2.45, 2.75) is 6.54 Å². The molecule has 5 heteroatoms. The molecule has 12 heavy (non-hydrogen) atoms. The van der Waals surface area contributed by atoms with Crippen molar-refractivity contribution in [3.05, 3.63) is 18.0 Å². The number of hydrogen-bond acceptors (Lipinski definition) is 4. The number of guanidine groups is 1. The second-order valence-corrected chi connectivity index (χ2v) is 2.59. The summed E-state index contributed by atoms with van der Waals surface area (Å²) in [7, 11) is 0. The van der Waals surface area contributed by atoms with Crippen LogP contribution in [0.25, 0.3) is 0 Å². The van der Waals surface area contributed by atoms with Gasteiger partial charge in [0.2, 0.25) is 0 Å². The van der Waals surface area contributed by atoms with Gasteiger partial charge in [0.25, 0.3) is 0 Å². The molecule has 0 amide bonds. The highest BCUT2D eigenvalue weighted by Gasteiger charge is 2.03. The molecule has 0 saturated carbocycles. The maximum Gasteiger partial charge on any atom is 0.191 e. The lowest BCUT2D eigenvalue weighted by Gasteiger charge is -2.03. The van der Waals surface area contributed by atoms with Gasteiger partial charge < -0.3 is 10.6 Å². The van der Waals surface area contributed by atoms with E-state index in [0.29, 0.717) is 0 Å². The summed E-state index contributed by atoms with van der Waals surface area (Å²) in [4.78, 5) is 4.20. The smallest absolute Gasteiger partial charge is 0.191 e. The second kappa shape index (κ2) is 3.25. The molecule has 0 aliphatic carbocycles. The van der Waals surface area contributed by atoms with E-state index in [0.717, 1.165) is 31.3 Å². The van der Waals surface area contributed by atoms with Crippen molar-refractivity contribution in [3.63, 3.8) is 0 Å². The fourth-order valence-electron chi connectivity index (χ4n) is 1.08. The lowest BCUT2D eigenvalue weighted by atomic mass is 10.4. The first-order valence-electron chi connectivity index (χ1n) is 3.95. The van der Waals surface area contributed by atoms with Crippen LogP contribution in [0.5, 0.6) is 0 Å². The normalized spacial score (nSPS) is 15.5. The van der Waals surface area contributed by atoms with Crippen LogP contribution < -0.4 is 10.6 Å². The number of aliphatic imine (C=N–C) groups is 1. The molecule has 1 aliphatic rings. The molecule has 64 valence electrons. The molecule has 1 aromatic heterocycles. The van der Waals surface area contributed by atoms with Crippen LogP contribution in [0.1, 0.15) is 5.69 Å². The van der Waals surface area contributed by atoms with Crippen LogP contribution in [0.15, 0.2) is 17.3 Å². The lowest BCUT2D eigenvalue weighted by Crippen LogP contribution is -2.33. The molecule has 2 rings (SSSR count). The van der Waals surface area contributed by atoms with Crippen LogP contribution in [0, 0.1) is 0 Å². The Hall–Kier alpha value is -1.52. The van der Waals surface area contributed by atoms with E-state index >= 15 is 0 Å². The second-order valence-electron chi connectivity index (χ2n) is 2.59. The van der Waals surface area contributed by atoms with Gasteiger partial charge in [0.15, 0.2) is 5.96 Å². The summed E-state index contributed by atoms with van der Waals surface area (Å²) in [6.45, 7) is 2.54. The molecule has 5 nitrogen and oxygen atoms in total. The summed E-state index contributed by atoms with van der Waals surface area (Å²) in [6, 6.07) is 1.93. The lowest BCUT2D eigenvalue weighted by molar-refractivity contribution is 0.831. The molecule has 0 fully saturated rings. The third-order valence-corrected chi connectivity index (χ3v) is 1.68. The average molecular weight is 165 g/mol. The van der Waals surface area contributed by atoms with Gasteiger partial charge in [-0.05, 0) is 6.07 Å². The van der Waals surface area contributed by atoms with Crippen LogP contribution in [0.4, 0.5) is 0 Å². The van der Waals surface area contributed by atoms with Gasteiger partial charge in [-0.1, -0.05) is 0 Å². The molecule has 0 atom stereocenters. The monoisotopic (exact) mass is 165 g/mol. The van der Waals surface area contributed by atoms with Crippen molar-refractivity contribution in [2.24, 2.45) is 4.99 Å². The molecule has 0 unspecified atom stereocenters. The minimum Gasteiger partial charge on any atom is -0.355 e. The van der Waals surface area contributed by atoms with E-state index in [9.17, 15) is 0 Å². The molecule has 2 heterocycles. The highest BCUT2D eigenvalue weighted by Crippen LogP contribution is 1.90. The Bertz CT molecular complexity index is 263. The van der Waals surface area contributed by atoms with E-state index in [-0.39, 0.29) is 0 Å². The topological polar surface area (TPSA) is 65.1 Å². The first-order valence-corrected chi connectivity index (χ1v) is 3.95. The largest absolute Gasteiger partial charge is 0.355 e. The summed E-state index contributed by atoms with van der Waals surface area (Å²) in [6.07, 6.45) is 1.74. The van der Waals surface area contributed by atoms with E-state index in [1.807, 2.05) is 6.07 Å². The van der Waals surface area contributed by atoms with Crippen molar-refractivity contribution in [1.29, 1.82) is 0 Å². The Morgan fingerprint density at radius 1 is 1.58 bits per heavy atom. The standard InChI is InChI=1S/C7H11N5/c1-2-11-12-6(1)5-10-7-8-3-4-9-7/h1-2H,3-5H2,(H,11,12)(H2,8,9,10). The summed E-state index contributed by atoms with van der Waals surface area (Å²) in [5.74, 6) is 0.879. The Labute approximate surface area is 70.3 Å². The maximum absolute atomic E-state index is 4.20. The van der Waals surface area contributed by atoms with Gasteiger partial charge in [0.05, 0.1) is 18.8 Å². The minimum absolute atomic E-state index is 0.742. The summed E-state index contributed by atoms with van der Waals surface area (Å²) < 4.78 is 0. The molecule has 1 aromatic rings. The Morgan fingerprint density at radius 3 is 3.25 bits per heavy atom.